The Bertz CT molecular complexity index is 382. The van der Waals surface area contributed by atoms with Crippen LogP contribution in [0.2, 0.25) is 0 Å². The van der Waals surface area contributed by atoms with Crippen LogP contribution < -0.4 is 0 Å². The summed E-state index contributed by atoms with van der Waals surface area (Å²) in [5.41, 5.74) is 0. The van der Waals surface area contributed by atoms with E-state index in [1.807, 2.05) is 0 Å². The van der Waals surface area contributed by atoms with Crippen LogP contribution in [0.1, 0.15) is 6.92 Å². The molecule has 0 aliphatic carbocycles. The van der Waals surface area contributed by atoms with Crippen LogP contribution >= 0.6 is 0 Å². The van der Waals surface area contributed by atoms with Crippen LogP contribution in [0.5, 0.6) is 0 Å². The first kappa shape index (κ1) is 12.9. The quantitative estimate of drug-likeness (QED) is 0.613. The molecule has 1 N–H and O–H groups in total. The second-order valence-electron chi connectivity index (χ2n) is 2.96. The molecule has 0 aromatic rings. The Morgan fingerprint density at radius 3 is 2.12 bits per heavy atom. The normalized spacial score (nSPS) is 24.8. The second kappa shape index (κ2) is 5.80. The van der Waals surface area contributed by atoms with Gasteiger partial charge in [-0.25, -0.2) is 9.59 Å². The first-order valence-electron chi connectivity index (χ1n) is 4.60. The number of hydrogen-bond donors (Lipinski definition) is 1. The highest BCUT2D eigenvalue weighted by Crippen LogP contribution is 2.05. The van der Waals surface area contributed by atoms with Gasteiger partial charge >= 0.3 is 17.9 Å². The standard InChI is InChI=1S/C6H6O4.C4H4O3/c1-4(7)9-6-3-2-5(8)10-6;5-3-1-2-4(6)7-3/h2-3,6H,1H3;1-3,5H/t6-;/m1./s1. The van der Waals surface area contributed by atoms with E-state index >= 15 is 0 Å². The topological polar surface area (TPSA) is 99.1 Å². The number of ether oxygens (including phenoxy) is 3. The molecular weight excluding hydrogens is 232 g/mol. The van der Waals surface area contributed by atoms with Gasteiger partial charge in [0.1, 0.15) is 0 Å². The minimum atomic E-state index is -1.01. The molecule has 2 aliphatic heterocycles. The number of hydrogen-bond acceptors (Lipinski definition) is 7. The molecule has 17 heavy (non-hydrogen) atoms. The lowest BCUT2D eigenvalue weighted by molar-refractivity contribution is -0.170. The fraction of sp³-hybridized carbons (Fsp3) is 0.300. The third-order valence-corrected chi connectivity index (χ3v) is 1.54. The number of esters is 3. The lowest BCUT2D eigenvalue weighted by Gasteiger charge is -2.06. The zero-order valence-electron chi connectivity index (χ0n) is 8.86. The van der Waals surface area contributed by atoms with Gasteiger partial charge in [-0.3, -0.25) is 4.79 Å². The zero-order valence-corrected chi connectivity index (χ0v) is 8.86. The number of cyclic esters (lactones) is 2. The molecular formula is C10H10O7. The molecule has 2 atom stereocenters. The fourth-order valence-corrected chi connectivity index (χ4v) is 0.936. The summed E-state index contributed by atoms with van der Waals surface area (Å²) in [7, 11) is 0. The minimum Gasteiger partial charge on any atom is -0.429 e. The van der Waals surface area contributed by atoms with Crippen molar-refractivity contribution in [2.24, 2.45) is 0 Å². The van der Waals surface area contributed by atoms with Crippen LogP contribution in [0.3, 0.4) is 0 Å². The van der Waals surface area contributed by atoms with Crippen LogP contribution in [0, 0.1) is 0 Å². The third-order valence-electron chi connectivity index (χ3n) is 1.54. The van der Waals surface area contributed by atoms with Gasteiger partial charge in [0.15, 0.2) is 0 Å². The summed E-state index contributed by atoms with van der Waals surface area (Å²) >= 11 is 0. The first-order valence-corrected chi connectivity index (χ1v) is 4.60. The van der Waals surface area contributed by atoms with Crippen LogP contribution in [0.25, 0.3) is 0 Å². The highest BCUT2D eigenvalue weighted by Gasteiger charge is 2.18. The Morgan fingerprint density at radius 1 is 1.24 bits per heavy atom. The van der Waals surface area contributed by atoms with E-state index in [0.717, 1.165) is 0 Å². The molecule has 2 rings (SSSR count). The van der Waals surface area contributed by atoms with Crippen molar-refractivity contribution in [1.82, 2.24) is 0 Å². The summed E-state index contributed by atoms with van der Waals surface area (Å²) in [5, 5.41) is 8.37. The number of carbonyl (C=O) groups excluding carboxylic acids is 3. The van der Waals surface area contributed by atoms with Crippen molar-refractivity contribution in [2.45, 2.75) is 19.5 Å². The minimum absolute atomic E-state index is 0.468. The molecule has 0 amide bonds. The van der Waals surface area contributed by atoms with Crippen molar-refractivity contribution < 1.29 is 33.7 Å². The molecule has 0 bridgehead atoms. The number of carbonyl (C=O) groups is 3. The maximum Gasteiger partial charge on any atom is 0.334 e. The summed E-state index contributed by atoms with van der Waals surface area (Å²) < 4.78 is 13.2. The Labute approximate surface area is 96.3 Å². The number of aliphatic hydroxyl groups excluding tert-OH is 1. The average Bonchev–Trinajstić information content (AvgIpc) is 2.76. The average molecular weight is 242 g/mol. The molecule has 0 saturated carbocycles. The van der Waals surface area contributed by atoms with E-state index in [2.05, 4.69) is 14.2 Å². The van der Waals surface area contributed by atoms with Gasteiger partial charge in [-0.15, -0.1) is 0 Å². The van der Waals surface area contributed by atoms with Crippen molar-refractivity contribution >= 4 is 17.9 Å². The molecule has 7 heteroatoms. The van der Waals surface area contributed by atoms with E-state index in [0.29, 0.717) is 0 Å². The van der Waals surface area contributed by atoms with E-state index in [9.17, 15) is 14.4 Å². The van der Waals surface area contributed by atoms with Crippen LogP contribution in [0.15, 0.2) is 24.3 Å². The fourth-order valence-electron chi connectivity index (χ4n) is 0.936. The van der Waals surface area contributed by atoms with Crippen molar-refractivity contribution in [3.05, 3.63) is 24.3 Å². The highest BCUT2D eigenvalue weighted by molar-refractivity contribution is 5.84. The summed E-state index contributed by atoms with van der Waals surface area (Å²) in [5.74, 6) is -1.43. The largest absolute Gasteiger partial charge is 0.429 e. The number of rotatable bonds is 1. The van der Waals surface area contributed by atoms with Crippen LogP contribution in [-0.4, -0.2) is 35.6 Å². The van der Waals surface area contributed by atoms with Gasteiger partial charge in [0.05, 0.1) is 0 Å². The molecule has 92 valence electrons. The second-order valence-corrected chi connectivity index (χ2v) is 2.96. The molecule has 0 fully saturated rings. The summed E-state index contributed by atoms with van der Waals surface area (Å²) in [6.07, 6.45) is 3.24. The van der Waals surface area contributed by atoms with E-state index in [1.54, 1.807) is 0 Å². The highest BCUT2D eigenvalue weighted by atomic mass is 16.7. The SMILES string of the molecule is CC(=O)O[C@H]1C=CC(=O)O1.O=C1C=CC(O)O1. The van der Waals surface area contributed by atoms with E-state index < -0.39 is 30.5 Å². The monoisotopic (exact) mass is 242 g/mol. The predicted molar refractivity (Wildman–Crippen MR) is 52.0 cm³/mol. The van der Waals surface area contributed by atoms with Crippen LogP contribution in [-0.2, 0) is 28.6 Å². The smallest absolute Gasteiger partial charge is 0.334 e. The molecule has 0 spiro atoms. The Hall–Kier alpha value is -2.15. The predicted octanol–water partition coefficient (Wildman–Crippen LogP) is -0.594. The lowest BCUT2D eigenvalue weighted by atomic mass is 10.5. The molecule has 0 aromatic heterocycles. The van der Waals surface area contributed by atoms with Gasteiger partial charge in [-0.05, 0) is 6.08 Å². The first-order chi connectivity index (χ1) is 7.97. The molecule has 0 aromatic carbocycles. The van der Waals surface area contributed by atoms with Gasteiger partial charge in [0.2, 0.25) is 6.29 Å². The molecule has 0 radical (unpaired) electrons. The Balaban J connectivity index is 0.000000181. The lowest BCUT2D eigenvalue weighted by Crippen LogP contribution is -2.15. The Kier molecular flexibility index (Phi) is 4.41. The molecule has 0 saturated heterocycles. The van der Waals surface area contributed by atoms with Gasteiger partial charge in [-0.1, -0.05) is 0 Å². The van der Waals surface area contributed by atoms with E-state index in [4.69, 9.17) is 5.11 Å². The molecule has 2 aliphatic rings. The maximum absolute atomic E-state index is 10.3. The molecule has 2 heterocycles. The van der Waals surface area contributed by atoms with Crippen molar-refractivity contribution in [2.75, 3.05) is 0 Å². The molecule has 1 unspecified atom stereocenters. The summed E-state index contributed by atoms with van der Waals surface area (Å²) in [6.45, 7) is 1.25. The van der Waals surface area contributed by atoms with E-state index in [1.165, 1.54) is 31.2 Å². The maximum atomic E-state index is 10.3. The number of aliphatic hydroxyl groups is 1. The van der Waals surface area contributed by atoms with Crippen molar-refractivity contribution in [3.8, 4) is 0 Å². The van der Waals surface area contributed by atoms with E-state index in [-0.39, 0.29) is 0 Å². The third kappa shape index (κ3) is 4.94. The van der Waals surface area contributed by atoms with Crippen molar-refractivity contribution in [1.29, 1.82) is 0 Å². The van der Waals surface area contributed by atoms with Gasteiger partial charge < -0.3 is 19.3 Å². The summed E-state index contributed by atoms with van der Waals surface area (Å²) in [6, 6.07) is 0. The van der Waals surface area contributed by atoms with Gasteiger partial charge in [-0.2, -0.15) is 0 Å². The zero-order chi connectivity index (χ0) is 12.8. The Morgan fingerprint density at radius 2 is 1.82 bits per heavy atom. The van der Waals surface area contributed by atoms with Gasteiger partial charge in [0, 0.05) is 25.2 Å². The summed E-state index contributed by atoms with van der Waals surface area (Å²) in [4.78, 5) is 30.6. The van der Waals surface area contributed by atoms with Gasteiger partial charge in [0.25, 0.3) is 6.29 Å². The van der Waals surface area contributed by atoms with Crippen LogP contribution in [0.4, 0.5) is 0 Å². The van der Waals surface area contributed by atoms with Crippen molar-refractivity contribution in [3.63, 3.8) is 0 Å². The molecule has 7 nitrogen and oxygen atoms in total.